The maximum absolute atomic E-state index is 12.8. The SMILES string of the molecule is Cc1ccc(C(NC(=O)NCc2ccccc2Cn2cccn2)c2cccs2)cc1. The van der Waals surface area contributed by atoms with E-state index in [0.717, 1.165) is 21.6 Å². The number of nitrogens with one attached hydrogen (secondary N) is 2. The summed E-state index contributed by atoms with van der Waals surface area (Å²) in [7, 11) is 0. The van der Waals surface area contributed by atoms with Crippen molar-refractivity contribution < 1.29 is 4.79 Å². The van der Waals surface area contributed by atoms with E-state index in [-0.39, 0.29) is 12.1 Å². The second-order valence-corrected chi connectivity index (χ2v) is 8.14. The molecule has 2 aromatic heterocycles. The van der Waals surface area contributed by atoms with Crippen molar-refractivity contribution in [3.63, 3.8) is 0 Å². The van der Waals surface area contributed by atoms with Crippen LogP contribution in [0.5, 0.6) is 0 Å². The van der Waals surface area contributed by atoms with Gasteiger partial charge in [0.25, 0.3) is 0 Å². The van der Waals surface area contributed by atoms with E-state index in [1.807, 2.05) is 46.6 Å². The number of thiophene rings is 1. The summed E-state index contributed by atoms with van der Waals surface area (Å²) >= 11 is 1.64. The van der Waals surface area contributed by atoms with Crippen LogP contribution in [0.25, 0.3) is 0 Å². The number of hydrogen-bond donors (Lipinski definition) is 2. The second-order valence-electron chi connectivity index (χ2n) is 7.16. The van der Waals surface area contributed by atoms with Crippen LogP contribution in [-0.4, -0.2) is 15.8 Å². The molecule has 0 aliphatic carbocycles. The number of urea groups is 1. The van der Waals surface area contributed by atoms with Gasteiger partial charge in [-0.15, -0.1) is 11.3 Å². The Morgan fingerprint density at radius 1 is 1.03 bits per heavy atom. The molecule has 2 amide bonds. The van der Waals surface area contributed by atoms with Crippen molar-refractivity contribution >= 4 is 17.4 Å². The van der Waals surface area contributed by atoms with Gasteiger partial charge in [0, 0.05) is 23.8 Å². The summed E-state index contributed by atoms with van der Waals surface area (Å²) in [6.45, 7) is 3.19. The maximum atomic E-state index is 12.8. The third-order valence-corrected chi connectivity index (χ3v) is 5.90. The van der Waals surface area contributed by atoms with Crippen molar-refractivity contribution in [2.45, 2.75) is 26.1 Å². The summed E-state index contributed by atoms with van der Waals surface area (Å²) < 4.78 is 1.88. The molecule has 0 aliphatic heterocycles. The number of nitrogens with zero attached hydrogens (tertiary/aromatic N) is 2. The molecule has 1 unspecified atom stereocenters. The van der Waals surface area contributed by atoms with Gasteiger partial charge >= 0.3 is 6.03 Å². The lowest BCUT2D eigenvalue weighted by molar-refractivity contribution is 0.238. The van der Waals surface area contributed by atoms with E-state index >= 15 is 0 Å². The molecule has 0 spiro atoms. The van der Waals surface area contributed by atoms with Crippen molar-refractivity contribution in [2.75, 3.05) is 0 Å². The van der Waals surface area contributed by atoms with Crippen molar-refractivity contribution in [1.82, 2.24) is 20.4 Å². The molecule has 4 aromatic rings. The highest BCUT2D eigenvalue weighted by molar-refractivity contribution is 7.10. The summed E-state index contributed by atoms with van der Waals surface area (Å²) in [4.78, 5) is 13.9. The normalized spacial score (nSPS) is 11.8. The minimum absolute atomic E-state index is 0.176. The first kappa shape index (κ1) is 19.9. The van der Waals surface area contributed by atoms with Crippen molar-refractivity contribution in [1.29, 1.82) is 0 Å². The van der Waals surface area contributed by atoms with Crippen molar-refractivity contribution in [2.24, 2.45) is 0 Å². The average molecular weight is 417 g/mol. The van der Waals surface area contributed by atoms with E-state index in [4.69, 9.17) is 0 Å². The standard InChI is InChI=1S/C24H24N4OS/c1-18-9-11-19(12-10-18)23(22-8-4-15-30-22)27-24(29)25-16-20-6-2-3-7-21(20)17-28-14-5-13-26-28/h2-15,23H,16-17H2,1H3,(H2,25,27,29). The fourth-order valence-electron chi connectivity index (χ4n) is 3.34. The molecular formula is C24H24N4OS. The summed E-state index contributed by atoms with van der Waals surface area (Å²) in [5.74, 6) is 0. The molecule has 0 saturated carbocycles. The van der Waals surface area contributed by atoms with Crippen LogP contribution in [0.15, 0.2) is 84.5 Å². The van der Waals surface area contributed by atoms with E-state index in [2.05, 4.69) is 59.1 Å². The minimum atomic E-state index is -0.192. The lowest BCUT2D eigenvalue weighted by Crippen LogP contribution is -2.38. The molecule has 2 heterocycles. The van der Waals surface area contributed by atoms with Gasteiger partial charge in [0.05, 0.1) is 12.6 Å². The number of carbonyl (C=O) groups excluding carboxylic acids is 1. The van der Waals surface area contributed by atoms with Gasteiger partial charge < -0.3 is 10.6 Å². The van der Waals surface area contributed by atoms with Gasteiger partial charge in [-0.3, -0.25) is 4.68 Å². The number of amides is 2. The lowest BCUT2D eigenvalue weighted by atomic mass is 10.0. The first-order chi connectivity index (χ1) is 14.7. The molecule has 1 atom stereocenters. The highest BCUT2D eigenvalue weighted by Gasteiger charge is 2.18. The van der Waals surface area contributed by atoms with Crippen LogP contribution in [0.2, 0.25) is 0 Å². The molecule has 152 valence electrons. The van der Waals surface area contributed by atoms with Crippen molar-refractivity contribution in [3.8, 4) is 0 Å². The third kappa shape index (κ3) is 4.96. The van der Waals surface area contributed by atoms with Crippen LogP contribution in [0.4, 0.5) is 4.79 Å². The number of aryl methyl sites for hydroxylation is 1. The number of rotatable bonds is 7. The first-order valence-corrected chi connectivity index (χ1v) is 10.8. The molecule has 5 nitrogen and oxygen atoms in total. The Morgan fingerprint density at radius 2 is 1.83 bits per heavy atom. The topological polar surface area (TPSA) is 59.0 Å². The van der Waals surface area contributed by atoms with Crippen LogP contribution < -0.4 is 10.6 Å². The molecule has 0 bridgehead atoms. The molecule has 2 N–H and O–H groups in total. The molecular weight excluding hydrogens is 392 g/mol. The number of aromatic nitrogens is 2. The second kappa shape index (κ2) is 9.41. The van der Waals surface area contributed by atoms with E-state index < -0.39 is 0 Å². The van der Waals surface area contributed by atoms with E-state index in [1.54, 1.807) is 17.5 Å². The zero-order valence-electron chi connectivity index (χ0n) is 16.8. The van der Waals surface area contributed by atoms with Gasteiger partial charge in [-0.05, 0) is 41.1 Å². The Bertz CT molecular complexity index is 1070. The summed E-state index contributed by atoms with van der Waals surface area (Å²) in [6, 6.07) is 22.0. The molecule has 2 aromatic carbocycles. The predicted molar refractivity (Wildman–Crippen MR) is 120 cm³/mol. The molecule has 6 heteroatoms. The zero-order valence-corrected chi connectivity index (χ0v) is 17.6. The summed E-state index contributed by atoms with van der Waals surface area (Å²) in [5, 5.41) is 12.5. The zero-order chi connectivity index (χ0) is 20.8. The van der Waals surface area contributed by atoms with Crippen LogP contribution in [-0.2, 0) is 13.1 Å². The van der Waals surface area contributed by atoms with E-state index in [9.17, 15) is 4.79 Å². The quantitative estimate of drug-likeness (QED) is 0.451. The smallest absolute Gasteiger partial charge is 0.315 e. The highest BCUT2D eigenvalue weighted by atomic mass is 32.1. The molecule has 0 radical (unpaired) electrons. The van der Waals surface area contributed by atoms with Gasteiger partial charge in [-0.2, -0.15) is 5.10 Å². The maximum Gasteiger partial charge on any atom is 0.315 e. The summed E-state index contributed by atoms with van der Waals surface area (Å²) in [6.07, 6.45) is 3.70. The van der Waals surface area contributed by atoms with Gasteiger partial charge in [-0.25, -0.2) is 4.79 Å². The monoisotopic (exact) mass is 416 g/mol. The van der Waals surface area contributed by atoms with Crippen molar-refractivity contribution in [3.05, 3.63) is 112 Å². The first-order valence-electron chi connectivity index (χ1n) is 9.87. The number of hydrogen-bond acceptors (Lipinski definition) is 3. The number of benzene rings is 2. The van der Waals surface area contributed by atoms with Crippen LogP contribution in [0.3, 0.4) is 0 Å². The Morgan fingerprint density at radius 3 is 2.53 bits per heavy atom. The Kier molecular flexibility index (Phi) is 6.25. The van der Waals surface area contributed by atoms with Gasteiger partial charge in [-0.1, -0.05) is 60.2 Å². The third-order valence-electron chi connectivity index (χ3n) is 4.96. The lowest BCUT2D eigenvalue weighted by Gasteiger charge is -2.19. The molecule has 30 heavy (non-hydrogen) atoms. The summed E-state index contributed by atoms with van der Waals surface area (Å²) in [5.41, 5.74) is 4.47. The fourth-order valence-corrected chi connectivity index (χ4v) is 4.15. The minimum Gasteiger partial charge on any atom is -0.334 e. The van der Waals surface area contributed by atoms with Gasteiger partial charge in [0.1, 0.15) is 0 Å². The largest absolute Gasteiger partial charge is 0.334 e. The molecule has 4 rings (SSSR count). The van der Waals surface area contributed by atoms with E-state index in [1.165, 1.54) is 5.56 Å². The average Bonchev–Trinajstić information content (AvgIpc) is 3.47. The van der Waals surface area contributed by atoms with Crippen LogP contribution in [0, 0.1) is 6.92 Å². The molecule has 0 fully saturated rings. The number of carbonyl (C=O) groups is 1. The fraction of sp³-hybridized carbons (Fsp3) is 0.167. The van der Waals surface area contributed by atoms with Gasteiger partial charge in [0.2, 0.25) is 0 Å². The van der Waals surface area contributed by atoms with Gasteiger partial charge in [0.15, 0.2) is 0 Å². The highest BCUT2D eigenvalue weighted by Crippen LogP contribution is 2.26. The van der Waals surface area contributed by atoms with Crippen LogP contribution in [0.1, 0.15) is 33.2 Å². The Labute approximate surface area is 180 Å². The Hall–Kier alpha value is -3.38. The molecule has 0 saturated heterocycles. The van der Waals surface area contributed by atoms with Crippen LogP contribution >= 0.6 is 11.3 Å². The Balaban J connectivity index is 1.44. The van der Waals surface area contributed by atoms with E-state index in [0.29, 0.717) is 13.1 Å². The predicted octanol–water partition coefficient (Wildman–Crippen LogP) is 4.89. The molecule has 0 aliphatic rings.